The first-order chi connectivity index (χ1) is 16.2. The maximum absolute atomic E-state index is 12.2. The normalized spacial score (nSPS) is 13.3. The molecule has 0 amide bonds. The number of hydrogen-bond donors (Lipinski definition) is 2. The lowest BCUT2D eigenvalue weighted by atomic mass is 10.0. The number of hydrogen-bond acceptors (Lipinski definition) is 5. The molecule has 34 heavy (non-hydrogen) atoms. The molecule has 0 aliphatic carbocycles. The lowest BCUT2D eigenvalue weighted by Crippen LogP contribution is -2.46. The summed E-state index contributed by atoms with van der Waals surface area (Å²) in [5, 5.41) is 14.6. The van der Waals surface area contributed by atoms with Crippen molar-refractivity contribution in [1.29, 1.82) is 0 Å². The lowest BCUT2D eigenvalue weighted by Gasteiger charge is -2.26. The number of esters is 1. The van der Waals surface area contributed by atoms with E-state index in [1.54, 1.807) is 0 Å². The molecule has 0 aromatic heterocycles. The molecule has 3 aromatic rings. The summed E-state index contributed by atoms with van der Waals surface area (Å²) in [4.78, 5) is 12.2. The van der Waals surface area contributed by atoms with Crippen LogP contribution in [-0.4, -0.2) is 35.6 Å². The van der Waals surface area contributed by atoms with Crippen molar-refractivity contribution in [3.63, 3.8) is 0 Å². The fourth-order valence-electron chi connectivity index (χ4n) is 3.49. The SMILES string of the molecule is CC(C)(C)OC(=O)CNC(Cc1ccc(-c2cccc(Cl)c2)cc1)C(O)OCc1ccccc1. The van der Waals surface area contributed by atoms with Gasteiger partial charge in [-0.25, -0.2) is 0 Å². The van der Waals surface area contributed by atoms with Crippen LogP contribution in [0, 0.1) is 0 Å². The summed E-state index contributed by atoms with van der Waals surface area (Å²) in [6, 6.07) is 24.9. The van der Waals surface area contributed by atoms with Crippen molar-refractivity contribution < 1.29 is 19.4 Å². The second-order valence-corrected chi connectivity index (χ2v) is 9.61. The van der Waals surface area contributed by atoms with Gasteiger partial charge in [-0.1, -0.05) is 78.3 Å². The Balaban J connectivity index is 1.68. The Kier molecular flexibility index (Phi) is 9.25. The van der Waals surface area contributed by atoms with Gasteiger partial charge in [0.1, 0.15) is 5.60 Å². The number of carbonyl (C=O) groups is 1. The van der Waals surface area contributed by atoms with Crippen molar-refractivity contribution >= 4 is 17.6 Å². The largest absolute Gasteiger partial charge is 0.459 e. The third kappa shape index (κ3) is 8.58. The first-order valence-electron chi connectivity index (χ1n) is 11.3. The summed E-state index contributed by atoms with van der Waals surface area (Å²) in [5.41, 5.74) is 3.45. The van der Waals surface area contributed by atoms with Gasteiger partial charge < -0.3 is 14.6 Å². The summed E-state index contributed by atoms with van der Waals surface area (Å²) < 4.78 is 11.1. The molecule has 0 heterocycles. The van der Waals surface area contributed by atoms with E-state index in [0.29, 0.717) is 11.4 Å². The number of carbonyl (C=O) groups excluding carboxylic acids is 1. The molecule has 3 rings (SSSR count). The van der Waals surface area contributed by atoms with Crippen molar-refractivity contribution in [2.45, 2.75) is 51.7 Å². The Morgan fingerprint density at radius 1 is 0.941 bits per heavy atom. The van der Waals surface area contributed by atoms with Gasteiger partial charge in [-0.15, -0.1) is 0 Å². The molecule has 180 valence electrons. The number of halogens is 1. The molecular formula is C28H32ClNO4. The van der Waals surface area contributed by atoms with Crippen LogP contribution in [0.1, 0.15) is 31.9 Å². The van der Waals surface area contributed by atoms with E-state index in [-0.39, 0.29) is 19.1 Å². The molecule has 0 spiro atoms. The quantitative estimate of drug-likeness (QED) is 0.300. The third-order valence-corrected chi connectivity index (χ3v) is 5.34. The molecule has 0 saturated heterocycles. The van der Waals surface area contributed by atoms with E-state index in [1.165, 1.54) is 0 Å². The molecule has 6 heteroatoms. The summed E-state index contributed by atoms with van der Waals surface area (Å²) >= 11 is 6.12. The number of ether oxygens (including phenoxy) is 2. The smallest absolute Gasteiger partial charge is 0.320 e. The Morgan fingerprint density at radius 2 is 1.65 bits per heavy atom. The standard InChI is InChI=1S/C28H32ClNO4/c1-28(2,3)34-26(31)18-30-25(27(32)33-19-21-8-5-4-6-9-21)16-20-12-14-22(15-13-20)23-10-7-11-24(29)17-23/h4-15,17,25,27,30,32H,16,18-19H2,1-3H3. The zero-order chi connectivity index (χ0) is 24.6. The van der Waals surface area contributed by atoms with Crippen LogP contribution in [0.15, 0.2) is 78.9 Å². The minimum Gasteiger partial charge on any atom is -0.459 e. The van der Waals surface area contributed by atoms with E-state index in [9.17, 15) is 9.90 Å². The lowest BCUT2D eigenvalue weighted by molar-refractivity contribution is -0.155. The van der Waals surface area contributed by atoms with Crippen LogP contribution < -0.4 is 5.32 Å². The van der Waals surface area contributed by atoms with E-state index in [2.05, 4.69) is 5.32 Å². The second-order valence-electron chi connectivity index (χ2n) is 9.17. The Hall–Kier alpha value is -2.70. The number of rotatable bonds is 10. The van der Waals surface area contributed by atoms with Crippen LogP contribution in [0.2, 0.25) is 5.02 Å². The van der Waals surface area contributed by atoms with Gasteiger partial charge in [-0.2, -0.15) is 0 Å². The van der Waals surface area contributed by atoms with Gasteiger partial charge in [-0.3, -0.25) is 10.1 Å². The van der Waals surface area contributed by atoms with Gasteiger partial charge in [0.15, 0.2) is 6.29 Å². The Morgan fingerprint density at radius 3 is 2.29 bits per heavy atom. The number of benzene rings is 3. The number of aliphatic hydroxyl groups is 1. The van der Waals surface area contributed by atoms with Crippen LogP contribution in [0.5, 0.6) is 0 Å². The third-order valence-electron chi connectivity index (χ3n) is 5.10. The van der Waals surface area contributed by atoms with E-state index >= 15 is 0 Å². The van der Waals surface area contributed by atoms with Gasteiger partial charge in [0, 0.05) is 5.02 Å². The molecule has 2 atom stereocenters. The monoisotopic (exact) mass is 481 g/mol. The number of aliphatic hydroxyl groups excluding tert-OH is 1. The van der Waals surface area contributed by atoms with Crippen LogP contribution in [0.25, 0.3) is 11.1 Å². The topological polar surface area (TPSA) is 67.8 Å². The predicted octanol–water partition coefficient (Wildman–Crippen LogP) is 5.38. The van der Waals surface area contributed by atoms with E-state index in [1.807, 2.05) is 99.6 Å². The van der Waals surface area contributed by atoms with Crippen LogP contribution in [-0.2, 0) is 27.3 Å². The molecule has 0 fully saturated rings. The first kappa shape index (κ1) is 25.9. The number of nitrogens with one attached hydrogen (secondary N) is 1. The Bertz CT molecular complexity index is 1050. The average molecular weight is 482 g/mol. The maximum Gasteiger partial charge on any atom is 0.320 e. The van der Waals surface area contributed by atoms with Crippen LogP contribution in [0.3, 0.4) is 0 Å². The fourth-order valence-corrected chi connectivity index (χ4v) is 3.68. The minimum atomic E-state index is -1.12. The van der Waals surface area contributed by atoms with Gasteiger partial charge in [0.25, 0.3) is 0 Å². The van der Waals surface area contributed by atoms with Crippen molar-refractivity contribution in [3.05, 3.63) is 95.0 Å². The minimum absolute atomic E-state index is 0.0334. The molecule has 0 bridgehead atoms. The molecule has 0 saturated carbocycles. The highest BCUT2D eigenvalue weighted by molar-refractivity contribution is 6.30. The molecular weight excluding hydrogens is 450 g/mol. The van der Waals surface area contributed by atoms with Gasteiger partial charge in [0.05, 0.1) is 19.2 Å². The van der Waals surface area contributed by atoms with Gasteiger partial charge >= 0.3 is 5.97 Å². The Labute approximate surface area is 206 Å². The van der Waals surface area contributed by atoms with E-state index < -0.39 is 17.9 Å². The molecule has 2 N–H and O–H groups in total. The fraction of sp³-hybridized carbons (Fsp3) is 0.321. The second kappa shape index (κ2) is 12.1. The highest BCUT2D eigenvalue weighted by atomic mass is 35.5. The summed E-state index contributed by atoms with van der Waals surface area (Å²) in [6.45, 7) is 5.69. The molecule has 0 radical (unpaired) electrons. The summed E-state index contributed by atoms with van der Waals surface area (Å²) in [5.74, 6) is -0.385. The molecule has 0 aliphatic heterocycles. The van der Waals surface area contributed by atoms with E-state index in [4.69, 9.17) is 21.1 Å². The first-order valence-corrected chi connectivity index (χ1v) is 11.7. The molecule has 2 unspecified atom stereocenters. The molecule has 0 aliphatic rings. The predicted molar refractivity (Wildman–Crippen MR) is 135 cm³/mol. The van der Waals surface area contributed by atoms with Crippen molar-refractivity contribution in [1.82, 2.24) is 5.32 Å². The summed E-state index contributed by atoms with van der Waals surface area (Å²) in [6.07, 6.45) is -0.649. The molecule has 5 nitrogen and oxygen atoms in total. The van der Waals surface area contributed by atoms with Crippen molar-refractivity contribution in [2.75, 3.05) is 6.54 Å². The maximum atomic E-state index is 12.2. The van der Waals surface area contributed by atoms with E-state index in [0.717, 1.165) is 22.3 Å². The highest BCUT2D eigenvalue weighted by Crippen LogP contribution is 2.23. The summed E-state index contributed by atoms with van der Waals surface area (Å²) in [7, 11) is 0. The zero-order valence-corrected chi connectivity index (χ0v) is 20.6. The highest BCUT2D eigenvalue weighted by Gasteiger charge is 2.23. The van der Waals surface area contributed by atoms with Crippen LogP contribution in [0.4, 0.5) is 0 Å². The zero-order valence-electron chi connectivity index (χ0n) is 19.8. The molecule has 3 aromatic carbocycles. The van der Waals surface area contributed by atoms with Gasteiger partial charge in [-0.05, 0) is 61.6 Å². The average Bonchev–Trinajstić information content (AvgIpc) is 2.80. The van der Waals surface area contributed by atoms with Crippen molar-refractivity contribution in [2.24, 2.45) is 0 Å². The van der Waals surface area contributed by atoms with Crippen molar-refractivity contribution in [3.8, 4) is 11.1 Å². The van der Waals surface area contributed by atoms with Gasteiger partial charge in [0.2, 0.25) is 0 Å². The van der Waals surface area contributed by atoms with Crippen LogP contribution >= 0.6 is 11.6 Å².